The van der Waals surface area contributed by atoms with Gasteiger partial charge in [-0.15, -0.1) is 5.10 Å². The van der Waals surface area contributed by atoms with E-state index in [9.17, 15) is 0 Å². The Hall–Kier alpha value is -0.413. The zero-order valence-electron chi connectivity index (χ0n) is 21.3. The van der Waals surface area contributed by atoms with Crippen molar-refractivity contribution in [2.24, 2.45) is 0 Å². The van der Waals surface area contributed by atoms with Crippen molar-refractivity contribution in [2.45, 2.75) is 122 Å². The van der Waals surface area contributed by atoms with Crippen LogP contribution in [-0.4, -0.2) is 49.1 Å². The van der Waals surface area contributed by atoms with Crippen LogP contribution in [0.25, 0.3) is 0 Å². The molecule has 0 aliphatic carbocycles. The predicted octanol–water partition coefficient (Wildman–Crippen LogP) is 7.12. The van der Waals surface area contributed by atoms with Crippen molar-refractivity contribution >= 4 is 20.6 Å². The molecule has 0 saturated carbocycles. The van der Waals surface area contributed by atoms with E-state index in [1.54, 1.807) is 11.8 Å². The summed E-state index contributed by atoms with van der Waals surface area (Å²) in [5.74, 6) is 1.13. The highest BCUT2D eigenvalue weighted by atomic mass is 32.2. The molecule has 1 heterocycles. The van der Waals surface area contributed by atoms with Crippen LogP contribution in [0, 0.1) is 0 Å². The monoisotopic (exact) mass is 487 g/mol. The van der Waals surface area contributed by atoms with Crippen LogP contribution in [0.3, 0.4) is 0 Å². The summed E-state index contributed by atoms with van der Waals surface area (Å²) in [5, 5.41) is 5.53. The molecule has 0 fully saturated rings. The van der Waals surface area contributed by atoms with Gasteiger partial charge in [-0.2, -0.15) is 0 Å². The van der Waals surface area contributed by atoms with Gasteiger partial charge in [-0.25, -0.2) is 4.98 Å². The van der Waals surface area contributed by atoms with Crippen LogP contribution in [0.4, 0.5) is 0 Å². The van der Waals surface area contributed by atoms with Gasteiger partial charge in [-0.1, -0.05) is 76.5 Å². The van der Waals surface area contributed by atoms with Crippen LogP contribution >= 0.6 is 11.8 Å². The number of aromatic nitrogens is 3. The highest BCUT2D eigenvalue weighted by Gasteiger charge is 2.39. The molecule has 0 unspecified atom stereocenters. The number of rotatable bonds is 23. The Morgan fingerprint density at radius 3 is 1.91 bits per heavy atom. The van der Waals surface area contributed by atoms with Crippen molar-refractivity contribution in [1.29, 1.82) is 0 Å². The zero-order chi connectivity index (χ0) is 23.3. The second-order valence-electron chi connectivity index (χ2n) is 8.26. The Morgan fingerprint density at radius 2 is 1.31 bits per heavy atom. The van der Waals surface area contributed by atoms with Gasteiger partial charge in [0.2, 0.25) is 5.16 Å². The summed E-state index contributed by atoms with van der Waals surface area (Å²) in [4.78, 5) is 4.43. The summed E-state index contributed by atoms with van der Waals surface area (Å²) >= 11 is 1.79. The van der Waals surface area contributed by atoms with E-state index in [2.05, 4.69) is 17.0 Å². The largest absolute Gasteiger partial charge is 0.500 e. The maximum absolute atomic E-state index is 5.94. The van der Waals surface area contributed by atoms with E-state index < -0.39 is 8.80 Å². The maximum atomic E-state index is 5.94. The number of hydrogen-bond donors (Lipinski definition) is 0. The van der Waals surface area contributed by atoms with Gasteiger partial charge in [0.15, 0.2) is 0 Å². The third-order valence-electron chi connectivity index (χ3n) is 5.46. The fourth-order valence-corrected chi connectivity index (χ4v) is 7.32. The van der Waals surface area contributed by atoms with E-state index in [1.165, 1.54) is 70.6 Å². The summed E-state index contributed by atoms with van der Waals surface area (Å²) < 4.78 is 19.8. The van der Waals surface area contributed by atoms with Crippen LogP contribution in [0.5, 0.6) is 0 Å². The van der Waals surface area contributed by atoms with Gasteiger partial charge in [0.05, 0.1) is 0 Å². The van der Waals surface area contributed by atoms with Crippen molar-refractivity contribution in [3.05, 3.63) is 6.33 Å². The first kappa shape index (κ1) is 29.6. The maximum Gasteiger partial charge on any atom is 0.500 e. The smallest absolute Gasteiger partial charge is 0.374 e. The van der Waals surface area contributed by atoms with Crippen LogP contribution in [-0.2, 0) is 19.8 Å². The summed E-state index contributed by atoms with van der Waals surface area (Å²) in [6.07, 6.45) is 17.2. The fraction of sp³-hybridized carbons (Fsp3) is 0.917. The lowest BCUT2D eigenvalue weighted by Crippen LogP contribution is -2.45. The molecule has 0 aliphatic rings. The lowest BCUT2D eigenvalue weighted by atomic mass is 10.1. The predicted molar refractivity (Wildman–Crippen MR) is 137 cm³/mol. The Morgan fingerprint density at radius 1 is 0.750 bits per heavy atom. The minimum Gasteiger partial charge on any atom is -0.374 e. The summed E-state index contributed by atoms with van der Waals surface area (Å²) in [6, 6.07) is 0.944. The van der Waals surface area contributed by atoms with Crippen molar-refractivity contribution in [3.63, 3.8) is 0 Å². The third kappa shape index (κ3) is 14.0. The lowest BCUT2D eigenvalue weighted by Gasteiger charge is -2.28. The molecule has 1 aromatic rings. The van der Waals surface area contributed by atoms with E-state index in [1.807, 2.05) is 31.8 Å². The molecule has 0 radical (unpaired) electrons. The van der Waals surface area contributed by atoms with Crippen LogP contribution < -0.4 is 0 Å². The minimum atomic E-state index is -2.44. The number of unbranched alkanes of at least 4 members (excludes halogenated alkanes) is 10. The molecule has 8 heteroatoms. The Labute approximate surface area is 203 Å². The average molecular weight is 488 g/mol. The van der Waals surface area contributed by atoms with E-state index in [-0.39, 0.29) is 0 Å². The molecule has 1 aromatic heterocycles. The van der Waals surface area contributed by atoms with Gasteiger partial charge >= 0.3 is 8.80 Å². The summed E-state index contributed by atoms with van der Waals surface area (Å²) in [7, 11) is -2.44. The van der Waals surface area contributed by atoms with E-state index >= 15 is 0 Å². The molecule has 0 atom stereocenters. The highest BCUT2D eigenvalue weighted by molar-refractivity contribution is 7.99. The second kappa shape index (κ2) is 20.0. The second-order valence-corrected chi connectivity index (χ2v) is 12.1. The van der Waals surface area contributed by atoms with E-state index in [0.29, 0.717) is 19.8 Å². The molecule has 0 saturated heterocycles. The number of thioether (sulfide) groups is 1. The molecule has 188 valence electrons. The van der Waals surface area contributed by atoms with Gasteiger partial charge in [0.25, 0.3) is 0 Å². The summed E-state index contributed by atoms with van der Waals surface area (Å²) in [5.41, 5.74) is 0. The molecule has 0 N–H and O–H groups in total. The first-order chi connectivity index (χ1) is 15.7. The standard InChI is InChI=1S/C24H49N3O3SSi/c1-5-9-10-18-21-31-24-25-23-27(26-24)20-17-15-13-11-12-14-16-19-22-32(28-6-2,29-7-3)30-8-4/h23H,5-22H2,1-4H3. The molecular weight excluding hydrogens is 438 g/mol. The molecule has 0 bridgehead atoms. The van der Waals surface area contributed by atoms with Crippen LogP contribution in [0.2, 0.25) is 6.04 Å². The van der Waals surface area contributed by atoms with Crippen molar-refractivity contribution in [2.75, 3.05) is 25.6 Å². The van der Waals surface area contributed by atoms with Crippen molar-refractivity contribution in [1.82, 2.24) is 14.8 Å². The average Bonchev–Trinajstić information content (AvgIpc) is 3.23. The highest BCUT2D eigenvalue weighted by Crippen LogP contribution is 2.21. The Bertz CT molecular complexity index is 531. The Kier molecular flexibility index (Phi) is 18.5. The van der Waals surface area contributed by atoms with Gasteiger partial charge in [-0.3, -0.25) is 4.68 Å². The van der Waals surface area contributed by atoms with Gasteiger partial charge < -0.3 is 13.3 Å². The van der Waals surface area contributed by atoms with Crippen LogP contribution in [0.1, 0.15) is 105 Å². The number of hydrogen-bond acceptors (Lipinski definition) is 6. The first-order valence-corrected chi connectivity index (χ1v) is 16.1. The first-order valence-electron chi connectivity index (χ1n) is 13.1. The molecule has 0 aliphatic heterocycles. The van der Waals surface area contributed by atoms with Crippen molar-refractivity contribution in [3.8, 4) is 0 Å². The quantitative estimate of drug-likeness (QED) is 0.0930. The third-order valence-corrected chi connectivity index (χ3v) is 9.55. The molecule has 0 aromatic carbocycles. The SMILES string of the molecule is CCCCCCSc1ncn(CCCCCCCCCC[Si](OCC)(OCC)OCC)n1. The summed E-state index contributed by atoms with van der Waals surface area (Å²) in [6.45, 7) is 11.3. The fourth-order valence-electron chi connectivity index (χ4n) is 3.82. The molecule has 1 rings (SSSR count). The normalized spacial score (nSPS) is 12.0. The van der Waals surface area contributed by atoms with Crippen LogP contribution in [0.15, 0.2) is 11.5 Å². The molecule has 0 amide bonds. The van der Waals surface area contributed by atoms with Gasteiger partial charge in [0.1, 0.15) is 6.33 Å². The molecule has 32 heavy (non-hydrogen) atoms. The number of nitrogens with zero attached hydrogens (tertiary/aromatic N) is 3. The minimum absolute atomic E-state index is 0.667. The van der Waals surface area contributed by atoms with E-state index in [0.717, 1.165) is 29.9 Å². The van der Waals surface area contributed by atoms with Gasteiger partial charge in [0, 0.05) is 38.2 Å². The molecular formula is C24H49N3O3SSi. The lowest BCUT2D eigenvalue weighted by molar-refractivity contribution is 0.0706. The van der Waals surface area contributed by atoms with E-state index in [4.69, 9.17) is 13.3 Å². The molecule has 6 nitrogen and oxygen atoms in total. The topological polar surface area (TPSA) is 58.4 Å². The van der Waals surface area contributed by atoms with Crippen molar-refractivity contribution < 1.29 is 13.3 Å². The zero-order valence-corrected chi connectivity index (χ0v) is 23.1. The Balaban J connectivity index is 2.02. The molecule has 0 spiro atoms. The number of aryl methyl sites for hydroxylation is 1. The van der Waals surface area contributed by atoms with Gasteiger partial charge in [-0.05, 0) is 40.0 Å².